The molecule has 0 amide bonds. The lowest BCUT2D eigenvalue weighted by Gasteiger charge is -2.29. The average molecular weight is 670 g/mol. The third-order valence-corrected chi connectivity index (χ3v) is 11.0. The van der Waals surface area contributed by atoms with Gasteiger partial charge in [-0.05, 0) is 82.4 Å². The molecule has 0 fully saturated rings. The Hall–Kier alpha value is -6.42. The summed E-state index contributed by atoms with van der Waals surface area (Å²) in [6.45, 7) is 0. The highest BCUT2D eigenvalue weighted by atomic mass is 32.1. The minimum Gasteiger partial charge on any atom is -0.454 e. The largest absolute Gasteiger partial charge is 0.454 e. The maximum Gasteiger partial charge on any atom is 0.160 e. The SMILES string of the molecule is c1ccc(-c2cc(-c3ccccc3)cc(N(c3ccc4sc5ccccc5c4c3)c3c(-c4ccccc4)ccc4c3oc3ccccc34)c2)cc1. The molecule has 240 valence electrons. The number of fused-ring (bicyclic) bond motifs is 6. The molecular weight excluding hydrogens is 639 g/mol. The van der Waals surface area contributed by atoms with Gasteiger partial charge in [0, 0.05) is 47.9 Å². The molecule has 0 bridgehead atoms. The third kappa shape index (κ3) is 5.10. The molecule has 0 aliphatic rings. The van der Waals surface area contributed by atoms with Gasteiger partial charge in [0.1, 0.15) is 5.58 Å². The lowest BCUT2D eigenvalue weighted by atomic mass is 9.95. The number of anilines is 3. The second-order valence-corrected chi connectivity index (χ2v) is 14.0. The highest BCUT2D eigenvalue weighted by Crippen LogP contribution is 2.50. The molecule has 8 aromatic carbocycles. The Labute approximate surface area is 300 Å². The molecule has 0 saturated heterocycles. The van der Waals surface area contributed by atoms with Crippen LogP contribution in [0.5, 0.6) is 0 Å². The van der Waals surface area contributed by atoms with Crippen LogP contribution in [0.4, 0.5) is 17.1 Å². The fourth-order valence-corrected chi connectivity index (χ4v) is 8.53. The van der Waals surface area contributed by atoms with E-state index in [4.69, 9.17) is 4.42 Å². The van der Waals surface area contributed by atoms with Gasteiger partial charge < -0.3 is 9.32 Å². The summed E-state index contributed by atoms with van der Waals surface area (Å²) in [6, 6.07) is 67.5. The van der Waals surface area contributed by atoms with E-state index in [2.05, 4.69) is 187 Å². The van der Waals surface area contributed by atoms with Gasteiger partial charge in [0.15, 0.2) is 5.58 Å². The molecule has 51 heavy (non-hydrogen) atoms. The van der Waals surface area contributed by atoms with Crippen LogP contribution < -0.4 is 4.90 Å². The first-order valence-electron chi connectivity index (χ1n) is 17.3. The van der Waals surface area contributed by atoms with Gasteiger partial charge in [-0.1, -0.05) is 133 Å². The predicted molar refractivity (Wildman–Crippen MR) is 218 cm³/mol. The van der Waals surface area contributed by atoms with Gasteiger partial charge >= 0.3 is 0 Å². The summed E-state index contributed by atoms with van der Waals surface area (Å²) in [4.78, 5) is 2.43. The topological polar surface area (TPSA) is 16.4 Å². The molecule has 2 heterocycles. The number of benzene rings is 8. The summed E-state index contributed by atoms with van der Waals surface area (Å²) in [5.41, 5.74) is 11.7. The number of para-hydroxylation sites is 1. The van der Waals surface area contributed by atoms with Crippen LogP contribution in [0.2, 0.25) is 0 Å². The predicted octanol–water partition coefficient (Wildman–Crippen LogP) is 14.4. The Bertz CT molecular complexity index is 2790. The Balaban J connectivity index is 1.34. The fourth-order valence-electron chi connectivity index (χ4n) is 7.44. The molecule has 0 N–H and O–H groups in total. The summed E-state index contributed by atoms with van der Waals surface area (Å²) in [5.74, 6) is 0. The maximum atomic E-state index is 6.90. The van der Waals surface area contributed by atoms with Crippen LogP contribution in [-0.2, 0) is 0 Å². The molecule has 0 aliphatic carbocycles. The zero-order chi connectivity index (χ0) is 33.7. The van der Waals surface area contributed by atoms with Crippen LogP contribution in [0.25, 0.3) is 75.5 Å². The van der Waals surface area contributed by atoms with Gasteiger partial charge in [-0.15, -0.1) is 11.3 Å². The Morgan fingerprint density at radius 1 is 0.373 bits per heavy atom. The summed E-state index contributed by atoms with van der Waals surface area (Å²) in [5, 5.41) is 4.72. The first-order chi connectivity index (χ1) is 25.3. The number of hydrogen-bond donors (Lipinski definition) is 0. The Morgan fingerprint density at radius 3 is 1.67 bits per heavy atom. The summed E-state index contributed by atoms with van der Waals surface area (Å²) >= 11 is 1.84. The number of hydrogen-bond acceptors (Lipinski definition) is 3. The Morgan fingerprint density at radius 2 is 0.961 bits per heavy atom. The second-order valence-electron chi connectivity index (χ2n) is 12.9. The van der Waals surface area contributed by atoms with E-state index < -0.39 is 0 Å². The van der Waals surface area contributed by atoms with Crippen molar-refractivity contribution in [3.8, 4) is 33.4 Å². The van der Waals surface area contributed by atoms with Crippen LogP contribution in [-0.4, -0.2) is 0 Å². The van der Waals surface area contributed by atoms with Crippen molar-refractivity contribution in [3.05, 3.63) is 188 Å². The van der Waals surface area contributed by atoms with Crippen LogP contribution in [0.1, 0.15) is 0 Å². The van der Waals surface area contributed by atoms with E-state index in [9.17, 15) is 0 Å². The van der Waals surface area contributed by atoms with Gasteiger partial charge in [0.25, 0.3) is 0 Å². The normalized spacial score (nSPS) is 11.5. The first kappa shape index (κ1) is 29.5. The van der Waals surface area contributed by atoms with Gasteiger partial charge in [0.05, 0.1) is 5.69 Å². The van der Waals surface area contributed by atoms with E-state index in [0.717, 1.165) is 61.3 Å². The van der Waals surface area contributed by atoms with Crippen LogP contribution >= 0.6 is 11.3 Å². The monoisotopic (exact) mass is 669 g/mol. The summed E-state index contributed by atoms with van der Waals surface area (Å²) in [7, 11) is 0. The standard InChI is InChI=1S/C48H31NOS/c1-4-14-32(15-5-1)35-28-36(33-16-6-2-7-17-33)30-38(29-35)49(37-24-27-46-43(31-37)41-21-11-13-23-45(41)51-46)47-39(34-18-8-3-9-19-34)25-26-42-40-20-10-12-22-44(40)50-48(42)47/h1-31H. The highest BCUT2D eigenvalue weighted by molar-refractivity contribution is 7.25. The lowest BCUT2D eigenvalue weighted by molar-refractivity contribution is 0.669. The minimum atomic E-state index is 0.860. The third-order valence-electron chi connectivity index (χ3n) is 9.84. The molecule has 0 radical (unpaired) electrons. The van der Waals surface area contributed by atoms with E-state index in [0.29, 0.717) is 0 Å². The molecule has 10 rings (SSSR count). The molecule has 0 spiro atoms. The van der Waals surface area contributed by atoms with E-state index >= 15 is 0 Å². The van der Waals surface area contributed by atoms with Crippen molar-refractivity contribution in [2.24, 2.45) is 0 Å². The number of rotatable bonds is 6. The van der Waals surface area contributed by atoms with Crippen molar-refractivity contribution in [1.82, 2.24) is 0 Å². The minimum absolute atomic E-state index is 0.860. The van der Waals surface area contributed by atoms with Crippen molar-refractivity contribution in [2.45, 2.75) is 0 Å². The fraction of sp³-hybridized carbons (Fsp3) is 0. The second kappa shape index (κ2) is 12.2. The lowest BCUT2D eigenvalue weighted by Crippen LogP contribution is -2.12. The molecule has 10 aromatic rings. The molecular formula is C48H31NOS. The summed E-state index contributed by atoms with van der Waals surface area (Å²) in [6.07, 6.45) is 0. The smallest absolute Gasteiger partial charge is 0.160 e. The van der Waals surface area contributed by atoms with Crippen molar-refractivity contribution >= 4 is 70.5 Å². The van der Waals surface area contributed by atoms with Gasteiger partial charge in [0.2, 0.25) is 0 Å². The molecule has 2 nitrogen and oxygen atoms in total. The average Bonchev–Trinajstić information content (AvgIpc) is 3.77. The van der Waals surface area contributed by atoms with Gasteiger partial charge in [-0.25, -0.2) is 0 Å². The van der Waals surface area contributed by atoms with Crippen LogP contribution in [0.15, 0.2) is 192 Å². The number of furan rings is 1. The van der Waals surface area contributed by atoms with E-state index in [-0.39, 0.29) is 0 Å². The van der Waals surface area contributed by atoms with Crippen molar-refractivity contribution < 1.29 is 4.42 Å². The molecule has 0 atom stereocenters. The van der Waals surface area contributed by atoms with E-state index in [1.807, 2.05) is 17.4 Å². The highest BCUT2D eigenvalue weighted by Gasteiger charge is 2.25. The molecule has 2 aromatic heterocycles. The van der Waals surface area contributed by atoms with E-state index in [1.54, 1.807) is 0 Å². The van der Waals surface area contributed by atoms with Gasteiger partial charge in [-0.2, -0.15) is 0 Å². The first-order valence-corrected chi connectivity index (χ1v) is 18.1. The van der Waals surface area contributed by atoms with Crippen molar-refractivity contribution in [2.75, 3.05) is 4.90 Å². The molecule has 0 aliphatic heterocycles. The summed E-state index contributed by atoms with van der Waals surface area (Å²) < 4.78 is 9.46. The molecule has 3 heteroatoms. The zero-order valence-electron chi connectivity index (χ0n) is 27.7. The Kier molecular flexibility index (Phi) is 7.04. The quantitative estimate of drug-likeness (QED) is 0.175. The maximum absolute atomic E-state index is 6.90. The molecule has 0 unspecified atom stereocenters. The van der Waals surface area contributed by atoms with Crippen molar-refractivity contribution in [3.63, 3.8) is 0 Å². The van der Waals surface area contributed by atoms with Crippen molar-refractivity contribution in [1.29, 1.82) is 0 Å². The molecule has 0 saturated carbocycles. The number of nitrogens with zero attached hydrogens (tertiary/aromatic N) is 1. The van der Waals surface area contributed by atoms with Crippen LogP contribution in [0, 0.1) is 0 Å². The number of thiophene rings is 1. The zero-order valence-corrected chi connectivity index (χ0v) is 28.5. The van der Waals surface area contributed by atoms with E-state index in [1.165, 1.54) is 31.3 Å². The van der Waals surface area contributed by atoms with Crippen LogP contribution in [0.3, 0.4) is 0 Å². The van der Waals surface area contributed by atoms with Gasteiger partial charge in [-0.3, -0.25) is 0 Å².